The molecule has 16 heavy (non-hydrogen) atoms. The molecule has 0 unspecified atom stereocenters. The summed E-state index contributed by atoms with van der Waals surface area (Å²) in [6, 6.07) is 5.93. The zero-order chi connectivity index (χ0) is 11.6. The van der Waals surface area contributed by atoms with Gasteiger partial charge in [0, 0.05) is 12.2 Å². The molecule has 0 fully saturated rings. The van der Waals surface area contributed by atoms with E-state index in [9.17, 15) is 0 Å². The molecule has 0 aliphatic heterocycles. The fraction of sp³-hybridized carbons (Fsp3) is 0.462. The molecule has 0 saturated carbocycles. The molecular formula is C13H17NO2. The Morgan fingerprint density at radius 2 is 2.19 bits per heavy atom. The first kappa shape index (κ1) is 11.1. The fourth-order valence-corrected chi connectivity index (χ4v) is 1.81. The second-order valence-electron chi connectivity index (χ2n) is 4.36. The average molecular weight is 219 g/mol. The van der Waals surface area contributed by atoms with Gasteiger partial charge in [-0.3, -0.25) is 0 Å². The van der Waals surface area contributed by atoms with Crippen LogP contribution in [-0.4, -0.2) is 11.6 Å². The zero-order valence-corrected chi connectivity index (χ0v) is 9.99. The number of ether oxygens (including phenoxy) is 1. The minimum Gasteiger partial charge on any atom is -0.443 e. The number of rotatable bonds is 4. The second kappa shape index (κ2) is 4.26. The van der Waals surface area contributed by atoms with Gasteiger partial charge < -0.3 is 9.15 Å². The Balaban J connectivity index is 2.41. The van der Waals surface area contributed by atoms with Gasteiger partial charge in [0.1, 0.15) is 5.52 Å². The number of fused-ring (bicyclic) bond motifs is 1. The molecule has 2 rings (SSSR count). The molecule has 0 spiro atoms. The van der Waals surface area contributed by atoms with Crippen LogP contribution >= 0.6 is 0 Å². The summed E-state index contributed by atoms with van der Waals surface area (Å²) in [5.74, 6) is 0. The summed E-state index contributed by atoms with van der Waals surface area (Å²) in [5, 5.41) is 0. The third kappa shape index (κ3) is 1.95. The zero-order valence-electron chi connectivity index (χ0n) is 9.99. The summed E-state index contributed by atoms with van der Waals surface area (Å²) < 4.78 is 11.2. The Morgan fingerprint density at radius 1 is 1.38 bits per heavy atom. The van der Waals surface area contributed by atoms with Crippen LogP contribution in [0.15, 0.2) is 29.0 Å². The maximum Gasteiger partial charge on any atom is 0.181 e. The van der Waals surface area contributed by atoms with Crippen molar-refractivity contribution in [3.8, 4) is 0 Å². The highest BCUT2D eigenvalue weighted by Crippen LogP contribution is 2.30. The minimum atomic E-state index is -0.327. The number of oxazole rings is 1. The number of hydrogen-bond acceptors (Lipinski definition) is 3. The Morgan fingerprint density at radius 3 is 2.94 bits per heavy atom. The molecule has 0 atom stereocenters. The molecule has 1 heterocycles. The van der Waals surface area contributed by atoms with Crippen molar-refractivity contribution in [2.75, 3.05) is 6.61 Å². The van der Waals surface area contributed by atoms with Crippen LogP contribution in [0.1, 0.15) is 32.8 Å². The van der Waals surface area contributed by atoms with Crippen LogP contribution in [0.5, 0.6) is 0 Å². The van der Waals surface area contributed by atoms with Crippen molar-refractivity contribution in [3.05, 3.63) is 30.2 Å². The summed E-state index contributed by atoms with van der Waals surface area (Å²) in [6.45, 7) is 6.98. The maximum atomic E-state index is 5.86. The number of para-hydroxylation sites is 1. The standard InChI is InChI=1S/C13H17NO2/c1-4-8-16-13(2,3)10-6-5-7-11-12(10)14-9-15-11/h5-7,9H,4,8H2,1-3H3. The topological polar surface area (TPSA) is 35.3 Å². The molecule has 1 aromatic carbocycles. The van der Waals surface area contributed by atoms with Gasteiger partial charge in [-0.05, 0) is 26.3 Å². The fourth-order valence-electron chi connectivity index (χ4n) is 1.81. The lowest BCUT2D eigenvalue weighted by Crippen LogP contribution is -2.22. The largest absolute Gasteiger partial charge is 0.443 e. The van der Waals surface area contributed by atoms with E-state index in [-0.39, 0.29) is 5.60 Å². The average Bonchev–Trinajstić information content (AvgIpc) is 2.73. The lowest BCUT2D eigenvalue weighted by atomic mass is 9.97. The van der Waals surface area contributed by atoms with Crippen LogP contribution in [0.2, 0.25) is 0 Å². The summed E-state index contributed by atoms with van der Waals surface area (Å²) in [5.41, 5.74) is 2.45. The Kier molecular flexibility index (Phi) is 2.97. The first-order chi connectivity index (χ1) is 7.65. The molecule has 0 N–H and O–H groups in total. The Labute approximate surface area is 95.4 Å². The summed E-state index contributed by atoms with van der Waals surface area (Å²) in [6.07, 6.45) is 2.49. The lowest BCUT2D eigenvalue weighted by Gasteiger charge is -2.25. The van der Waals surface area contributed by atoms with Gasteiger partial charge in [0.15, 0.2) is 12.0 Å². The monoisotopic (exact) mass is 219 g/mol. The van der Waals surface area contributed by atoms with Gasteiger partial charge in [0.25, 0.3) is 0 Å². The van der Waals surface area contributed by atoms with Crippen LogP contribution < -0.4 is 0 Å². The molecular weight excluding hydrogens is 202 g/mol. The van der Waals surface area contributed by atoms with E-state index in [4.69, 9.17) is 9.15 Å². The highest BCUT2D eigenvalue weighted by atomic mass is 16.5. The highest BCUT2D eigenvalue weighted by Gasteiger charge is 2.24. The smallest absolute Gasteiger partial charge is 0.181 e. The van der Waals surface area contributed by atoms with Gasteiger partial charge in [0.2, 0.25) is 0 Å². The predicted molar refractivity (Wildman–Crippen MR) is 63.3 cm³/mol. The van der Waals surface area contributed by atoms with Crippen LogP contribution in [-0.2, 0) is 10.3 Å². The van der Waals surface area contributed by atoms with Crippen LogP contribution in [0.4, 0.5) is 0 Å². The summed E-state index contributed by atoms with van der Waals surface area (Å²) in [7, 11) is 0. The Hall–Kier alpha value is -1.35. The van der Waals surface area contributed by atoms with Gasteiger partial charge in [-0.2, -0.15) is 0 Å². The van der Waals surface area contributed by atoms with Crippen LogP contribution in [0.3, 0.4) is 0 Å². The molecule has 0 radical (unpaired) electrons. The molecule has 86 valence electrons. The normalized spacial score (nSPS) is 12.2. The van der Waals surface area contributed by atoms with Gasteiger partial charge in [-0.1, -0.05) is 19.1 Å². The van der Waals surface area contributed by atoms with Crippen molar-refractivity contribution in [1.29, 1.82) is 0 Å². The molecule has 0 aliphatic carbocycles. The first-order valence-corrected chi connectivity index (χ1v) is 5.62. The van der Waals surface area contributed by atoms with Crippen molar-refractivity contribution in [3.63, 3.8) is 0 Å². The van der Waals surface area contributed by atoms with E-state index in [1.165, 1.54) is 6.39 Å². The molecule has 0 amide bonds. The number of benzene rings is 1. The van der Waals surface area contributed by atoms with Crippen molar-refractivity contribution < 1.29 is 9.15 Å². The van der Waals surface area contributed by atoms with E-state index < -0.39 is 0 Å². The molecule has 0 aliphatic rings. The number of nitrogens with zero attached hydrogens (tertiary/aromatic N) is 1. The molecule has 0 saturated heterocycles. The van der Waals surface area contributed by atoms with E-state index in [1.54, 1.807) is 0 Å². The SMILES string of the molecule is CCCOC(C)(C)c1cccc2ocnc12. The third-order valence-electron chi connectivity index (χ3n) is 2.68. The van der Waals surface area contributed by atoms with Crippen LogP contribution in [0.25, 0.3) is 11.1 Å². The Bertz CT molecular complexity index is 473. The van der Waals surface area contributed by atoms with E-state index >= 15 is 0 Å². The van der Waals surface area contributed by atoms with Crippen LogP contribution in [0, 0.1) is 0 Å². The molecule has 3 heteroatoms. The molecule has 3 nitrogen and oxygen atoms in total. The van der Waals surface area contributed by atoms with E-state index in [0.29, 0.717) is 0 Å². The molecule has 0 bridgehead atoms. The molecule has 1 aromatic heterocycles. The summed E-state index contributed by atoms with van der Waals surface area (Å²) in [4.78, 5) is 4.25. The quantitative estimate of drug-likeness (QED) is 0.789. The number of hydrogen-bond donors (Lipinski definition) is 0. The predicted octanol–water partition coefficient (Wildman–Crippen LogP) is 3.49. The maximum absolute atomic E-state index is 5.86. The summed E-state index contributed by atoms with van der Waals surface area (Å²) >= 11 is 0. The van der Waals surface area contributed by atoms with Gasteiger partial charge in [-0.15, -0.1) is 0 Å². The lowest BCUT2D eigenvalue weighted by molar-refractivity contribution is -0.0203. The van der Waals surface area contributed by atoms with E-state index in [2.05, 4.69) is 25.8 Å². The van der Waals surface area contributed by atoms with Gasteiger partial charge >= 0.3 is 0 Å². The van der Waals surface area contributed by atoms with Gasteiger partial charge in [0.05, 0.1) is 5.60 Å². The van der Waals surface area contributed by atoms with Crippen molar-refractivity contribution in [1.82, 2.24) is 4.98 Å². The van der Waals surface area contributed by atoms with Gasteiger partial charge in [-0.25, -0.2) is 4.98 Å². The molecule has 2 aromatic rings. The number of aromatic nitrogens is 1. The van der Waals surface area contributed by atoms with E-state index in [1.807, 2.05) is 18.2 Å². The van der Waals surface area contributed by atoms with Crippen molar-refractivity contribution in [2.24, 2.45) is 0 Å². The van der Waals surface area contributed by atoms with E-state index in [0.717, 1.165) is 29.7 Å². The minimum absolute atomic E-state index is 0.327. The van der Waals surface area contributed by atoms with Crippen molar-refractivity contribution >= 4 is 11.1 Å². The first-order valence-electron chi connectivity index (χ1n) is 5.62. The van der Waals surface area contributed by atoms with Crippen molar-refractivity contribution in [2.45, 2.75) is 32.8 Å². The third-order valence-corrected chi connectivity index (χ3v) is 2.68. The second-order valence-corrected chi connectivity index (χ2v) is 4.36. The highest BCUT2D eigenvalue weighted by molar-refractivity contribution is 5.77.